The second kappa shape index (κ2) is 5.33. The summed E-state index contributed by atoms with van der Waals surface area (Å²) in [6.07, 6.45) is 7.85. The minimum absolute atomic E-state index is 0.594. The van der Waals surface area contributed by atoms with Gasteiger partial charge in [-0.25, -0.2) is 4.98 Å². The molecule has 0 atom stereocenters. The highest BCUT2D eigenvalue weighted by Gasteiger charge is 2.16. The first-order valence-corrected chi connectivity index (χ1v) is 7.75. The lowest BCUT2D eigenvalue weighted by molar-refractivity contribution is 0.475. The van der Waals surface area contributed by atoms with Crippen LogP contribution in [0.4, 0.5) is 0 Å². The molecule has 0 amide bonds. The van der Waals surface area contributed by atoms with Gasteiger partial charge in [0, 0.05) is 19.2 Å². The third-order valence-corrected chi connectivity index (χ3v) is 4.77. The third kappa shape index (κ3) is 2.40. The fourth-order valence-electron chi connectivity index (χ4n) is 2.59. The van der Waals surface area contributed by atoms with Gasteiger partial charge < -0.3 is 10.1 Å². The Morgan fingerprint density at radius 3 is 3.00 bits per heavy atom. The Balaban J connectivity index is 1.83. The van der Waals surface area contributed by atoms with Crippen LogP contribution in [0.1, 0.15) is 24.2 Å². The van der Waals surface area contributed by atoms with Crippen LogP contribution in [-0.2, 0) is 13.0 Å². The van der Waals surface area contributed by atoms with E-state index in [1.165, 1.54) is 35.7 Å². The monoisotopic (exact) mass is 261 g/mol. The average molecular weight is 261 g/mol. The van der Waals surface area contributed by atoms with Crippen LogP contribution < -0.4 is 5.73 Å². The number of imidazole rings is 1. The van der Waals surface area contributed by atoms with Crippen molar-refractivity contribution in [2.24, 2.45) is 11.7 Å². The Hall–Kier alpha value is -1.00. The van der Waals surface area contributed by atoms with Crippen molar-refractivity contribution in [2.75, 3.05) is 11.5 Å². The highest BCUT2D eigenvalue weighted by Crippen LogP contribution is 2.25. The number of fused-ring (bicyclic) bond motifs is 1. The number of thioether (sulfide) groups is 1. The number of rotatable bonds is 3. The molecule has 0 saturated carbocycles. The van der Waals surface area contributed by atoms with E-state index in [2.05, 4.69) is 39.5 Å². The van der Waals surface area contributed by atoms with Crippen LogP contribution >= 0.6 is 11.8 Å². The smallest absolute Gasteiger partial charge is 0.113 e. The molecule has 3 nitrogen and oxygen atoms in total. The van der Waals surface area contributed by atoms with Gasteiger partial charge in [-0.2, -0.15) is 11.8 Å². The van der Waals surface area contributed by atoms with Gasteiger partial charge in [0.05, 0.1) is 11.7 Å². The third-order valence-electron chi connectivity index (χ3n) is 3.72. The van der Waals surface area contributed by atoms with Crippen LogP contribution in [0.2, 0.25) is 0 Å². The van der Waals surface area contributed by atoms with Gasteiger partial charge in [-0.15, -0.1) is 0 Å². The van der Waals surface area contributed by atoms with E-state index in [0.29, 0.717) is 6.54 Å². The Morgan fingerprint density at radius 1 is 1.39 bits per heavy atom. The van der Waals surface area contributed by atoms with Gasteiger partial charge in [0.2, 0.25) is 0 Å². The van der Waals surface area contributed by atoms with E-state index in [1.807, 2.05) is 6.20 Å². The van der Waals surface area contributed by atoms with Crippen LogP contribution in [0.25, 0.3) is 5.52 Å². The number of hydrogen-bond donors (Lipinski definition) is 1. The highest BCUT2D eigenvalue weighted by molar-refractivity contribution is 7.99. The molecule has 3 heterocycles. The summed E-state index contributed by atoms with van der Waals surface area (Å²) in [5.74, 6) is 4.63. The van der Waals surface area contributed by atoms with Gasteiger partial charge in [-0.1, -0.05) is 0 Å². The predicted molar refractivity (Wildman–Crippen MR) is 76.8 cm³/mol. The van der Waals surface area contributed by atoms with Gasteiger partial charge >= 0.3 is 0 Å². The molecule has 0 aromatic carbocycles. The minimum Gasteiger partial charge on any atom is -0.326 e. The largest absolute Gasteiger partial charge is 0.326 e. The number of hydrogen-bond acceptors (Lipinski definition) is 3. The lowest BCUT2D eigenvalue weighted by Gasteiger charge is -2.20. The second-order valence-corrected chi connectivity index (χ2v) is 6.19. The fraction of sp³-hybridized carbons (Fsp3) is 0.500. The van der Waals surface area contributed by atoms with Crippen molar-refractivity contribution in [1.29, 1.82) is 0 Å². The van der Waals surface area contributed by atoms with Crippen molar-refractivity contribution >= 4 is 17.3 Å². The van der Waals surface area contributed by atoms with Crippen molar-refractivity contribution < 1.29 is 0 Å². The lowest BCUT2D eigenvalue weighted by atomic mass is 9.98. The molecule has 0 aliphatic carbocycles. The van der Waals surface area contributed by atoms with Crippen molar-refractivity contribution in [3.63, 3.8) is 0 Å². The molecule has 0 spiro atoms. The topological polar surface area (TPSA) is 43.3 Å². The number of aromatic nitrogens is 2. The van der Waals surface area contributed by atoms with Gasteiger partial charge in [0.25, 0.3) is 0 Å². The van der Waals surface area contributed by atoms with Crippen molar-refractivity contribution in [3.05, 3.63) is 35.9 Å². The molecule has 1 fully saturated rings. The number of nitrogens with zero attached hydrogens (tertiary/aromatic N) is 2. The van der Waals surface area contributed by atoms with Crippen LogP contribution in [0.5, 0.6) is 0 Å². The van der Waals surface area contributed by atoms with Crippen LogP contribution in [-0.4, -0.2) is 20.9 Å². The molecular formula is C14H19N3S. The molecule has 1 aliphatic rings. The van der Waals surface area contributed by atoms with E-state index in [-0.39, 0.29) is 0 Å². The number of nitrogens with two attached hydrogens (primary N) is 1. The van der Waals surface area contributed by atoms with Crippen molar-refractivity contribution in [3.8, 4) is 0 Å². The zero-order valence-corrected chi connectivity index (χ0v) is 11.3. The molecule has 1 aliphatic heterocycles. The summed E-state index contributed by atoms with van der Waals surface area (Å²) in [6, 6.07) is 4.22. The second-order valence-electron chi connectivity index (χ2n) is 4.97. The van der Waals surface area contributed by atoms with E-state index < -0.39 is 0 Å². The Kier molecular flexibility index (Phi) is 3.57. The zero-order valence-electron chi connectivity index (χ0n) is 10.5. The first kappa shape index (κ1) is 12.1. The number of pyridine rings is 1. The molecule has 0 bridgehead atoms. The Bertz CT molecular complexity index is 529. The van der Waals surface area contributed by atoms with E-state index in [1.54, 1.807) is 0 Å². The Labute approximate surface area is 112 Å². The van der Waals surface area contributed by atoms with Crippen molar-refractivity contribution in [1.82, 2.24) is 9.38 Å². The first-order valence-electron chi connectivity index (χ1n) is 6.59. The quantitative estimate of drug-likeness (QED) is 0.923. The molecule has 1 saturated heterocycles. The van der Waals surface area contributed by atoms with E-state index in [0.717, 1.165) is 17.9 Å². The molecule has 18 heavy (non-hydrogen) atoms. The van der Waals surface area contributed by atoms with E-state index in [9.17, 15) is 0 Å². The molecular weight excluding hydrogens is 242 g/mol. The van der Waals surface area contributed by atoms with Gasteiger partial charge in [0.15, 0.2) is 0 Å². The van der Waals surface area contributed by atoms with E-state index >= 15 is 0 Å². The van der Waals surface area contributed by atoms with Crippen molar-refractivity contribution in [2.45, 2.75) is 25.8 Å². The molecule has 0 unspecified atom stereocenters. The summed E-state index contributed by atoms with van der Waals surface area (Å²) in [5.41, 5.74) is 8.00. The standard InChI is InChI=1S/C14H19N3S/c15-9-12-1-4-17-13(7-12)10-16-14(17)8-11-2-5-18-6-3-11/h1,4,7,10-11H,2-3,5-6,8-9,15H2. The maximum Gasteiger partial charge on any atom is 0.113 e. The molecule has 3 rings (SSSR count). The molecule has 4 heteroatoms. The summed E-state index contributed by atoms with van der Waals surface area (Å²) in [6.45, 7) is 0.594. The molecule has 2 aromatic rings. The van der Waals surface area contributed by atoms with Gasteiger partial charge in [0.1, 0.15) is 5.82 Å². The maximum atomic E-state index is 5.67. The minimum atomic E-state index is 0.594. The summed E-state index contributed by atoms with van der Waals surface area (Å²) < 4.78 is 2.21. The Morgan fingerprint density at radius 2 is 2.22 bits per heavy atom. The molecule has 0 radical (unpaired) electrons. The summed E-state index contributed by atoms with van der Waals surface area (Å²) >= 11 is 2.08. The molecule has 2 aromatic heterocycles. The summed E-state index contributed by atoms with van der Waals surface area (Å²) in [7, 11) is 0. The summed E-state index contributed by atoms with van der Waals surface area (Å²) in [4.78, 5) is 4.58. The molecule has 96 valence electrons. The normalized spacial score (nSPS) is 17.4. The maximum absolute atomic E-state index is 5.67. The SMILES string of the molecule is NCc1ccn2c(CC3CCSCC3)ncc2c1. The summed E-state index contributed by atoms with van der Waals surface area (Å²) in [5, 5.41) is 0. The predicted octanol–water partition coefficient (Wildman–Crippen LogP) is 2.48. The fourth-order valence-corrected chi connectivity index (χ4v) is 3.79. The molecule has 2 N–H and O–H groups in total. The van der Waals surface area contributed by atoms with Gasteiger partial charge in [-0.3, -0.25) is 0 Å². The lowest BCUT2D eigenvalue weighted by Crippen LogP contribution is -2.14. The first-order chi connectivity index (χ1) is 8.86. The van der Waals surface area contributed by atoms with Gasteiger partial charge in [-0.05, 0) is 48.0 Å². The zero-order chi connectivity index (χ0) is 12.4. The van der Waals surface area contributed by atoms with E-state index in [4.69, 9.17) is 5.73 Å². The average Bonchev–Trinajstić information content (AvgIpc) is 2.82. The van der Waals surface area contributed by atoms with Crippen LogP contribution in [0.3, 0.4) is 0 Å². The van der Waals surface area contributed by atoms with Crippen LogP contribution in [0, 0.1) is 5.92 Å². The van der Waals surface area contributed by atoms with Crippen LogP contribution in [0.15, 0.2) is 24.5 Å². The highest BCUT2D eigenvalue weighted by atomic mass is 32.2.